The molecule has 2 N–H and O–H groups in total. The van der Waals surface area contributed by atoms with Gasteiger partial charge < -0.3 is 19.9 Å². The van der Waals surface area contributed by atoms with Crippen molar-refractivity contribution in [1.29, 1.82) is 0 Å². The van der Waals surface area contributed by atoms with E-state index in [2.05, 4.69) is 17.4 Å². The Hall–Kier alpha value is -3.64. The summed E-state index contributed by atoms with van der Waals surface area (Å²) in [5.41, 5.74) is 5.24. The van der Waals surface area contributed by atoms with Crippen molar-refractivity contribution >= 4 is 11.7 Å². The second-order valence-electron chi connectivity index (χ2n) is 10.1. The van der Waals surface area contributed by atoms with Crippen LogP contribution in [0.4, 0.5) is 0 Å². The van der Waals surface area contributed by atoms with E-state index in [0.29, 0.717) is 17.7 Å². The zero-order chi connectivity index (χ0) is 26.0. The van der Waals surface area contributed by atoms with Crippen molar-refractivity contribution in [3.05, 3.63) is 82.9 Å². The summed E-state index contributed by atoms with van der Waals surface area (Å²) in [7, 11) is 0. The molecule has 0 bridgehead atoms. The van der Waals surface area contributed by atoms with Crippen molar-refractivity contribution in [2.24, 2.45) is 0 Å². The fraction of sp³-hybridized carbons (Fsp3) is 0.355. The molecule has 37 heavy (non-hydrogen) atoms. The number of aliphatic hydroxyl groups excluding tert-OH is 1. The van der Waals surface area contributed by atoms with Crippen LogP contribution in [0.3, 0.4) is 0 Å². The van der Waals surface area contributed by atoms with E-state index in [9.17, 15) is 14.7 Å². The molecule has 1 saturated carbocycles. The van der Waals surface area contributed by atoms with E-state index in [1.807, 2.05) is 50.2 Å². The Morgan fingerprint density at radius 3 is 2.46 bits per heavy atom. The van der Waals surface area contributed by atoms with Crippen molar-refractivity contribution in [3.63, 3.8) is 0 Å². The number of aliphatic hydroxyl groups is 1. The van der Waals surface area contributed by atoms with Gasteiger partial charge in [-0.15, -0.1) is 0 Å². The van der Waals surface area contributed by atoms with Crippen molar-refractivity contribution in [1.82, 2.24) is 5.32 Å². The van der Waals surface area contributed by atoms with E-state index in [0.717, 1.165) is 59.3 Å². The fourth-order valence-electron chi connectivity index (χ4n) is 5.12. The molecule has 3 aromatic carbocycles. The van der Waals surface area contributed by atoms with Crippen LogP contribution in [-0.4, -0.2) is 36.2 Å². The van der Waals surface area contributed by atoms with Gasteiger partial charge in [-0.05, 0) is 78.3 Å². The normalized spacial score (nSPS) is 15.8. The summed E-state index contributed by atoms with van der Waals surface area (Å²) in [4.78, 5) is 26.1. The summed E-state index contributed by atoms with van der Waals surface area (Å²) >= 11 is 0. The second kappa shape index (κ2) is 10.4. The Morgan fingerprint density at radius 2 is 1.76 bits per heavy atom. The summed E-state index contributed by atoms with van der Waals surface area (Å²) in [6.07, 6.45) is 3.69. The Kier molecular flexibility index (Phi) is 7.02. The van der Waals surface area contributed by atoms with E-state index in [1.54, 1.807) is 12.1 Å². The first-order valence-electron chi connectivity index (χ1n) is 13.0. The lowest BCUT2D eigenvalue weighted by Crippen LogP contribution is -2.37. The number of benzene rings is 3. The number of fused-ring (bicyclic) bond motifs is 1. The first kappa shape index (κ1) is 25.0. The molecule has 3 aromatic rings. The number of Topliss-reactive ketones (excluding diaryl/α,β-unsaturated/α-hetero) is 1. The summed E-state index contributed by atoms with van der Waals surface area (Å²) < 4.78 is 10.9. The lowest BCUT2D eigenvalue weighted by Gasteiger charge is -2.17. The number of aryl methyl sites for hydroxylation is 1. The monoisotopic (exact) mass is 499 g/mol. The van der Waals surface area contributed by atoms with E-state index in [1.165, 1.54) is 0 Å². The predicted octanol–water partition coefficient (Wildman–Crippen LogP) is 5.12. The lowest BCUT2D eigenvalue weighted by atomic mass is 9.87. The van der Waals surface area contributed by atoms with Crippen molar-refractivity contribution < 1.29 is 24.2 Å². The fourth-order valence-corrected chi connectivity index (χ4v) is 5.12. The van der Waals surface area contributed by atoms with Gasteiger partial charge >= 0.3 is 0 Å². The minimum atomic E-state index is -0.439. The van der Waals surface area contributed by atoms with Crippen LogP contribution in [0.1, 0.15) is 59.7 Å². The van der Waals surface area contributed by atoms with Gasteiger partial charge in [0.15, 0.2) is 11.5 Å². The summed E-state index contributed by atoms with van der Waals surface area (Å²) in [5.74, 6) is 1.48. The van der Waals surface area contributed by atoms with Crippen LogP contribution < -0.4 is 14.8 Å². The van der Waals surface area contributed by atoms with Crippen LogP contribution in [0.25, 0.3) is 11.1 Å². The zero-order valence-electron chi connectivity index (χ0n) is 21.4. The number of hydrogen-bond acceptors (Lipinski definition) is 5. The van der Waals surface area contributed by atoms with E-state index >= 15 is 0 Å². The van der Waals surface area contributed by atoms with Gasteiger partial charge in [-0.2, -0.15) is 0 Å². The van der Waals surface area contributed by atoms with Crippen molar-refractivity contribution in [3.8, 4) is 22.6 Å². The standard InChI is InChI=1S/C31H33NO5/c1-3-4-25(18-33)32-30(35)23-9-7-22(8-10-23)26-15-21(6-5-20(26)2)16-29(34)31(13-14-31)24-11-12-27-28(17-24)37-19-36-27/h5-12,15,17,25,33H,3-4,13-14,16,18-19H2,1-2H3,(H,32,35)/t25-/m1/s1. The molecular formula is C31H33NO5. The molecule has 1 aliphatic heterocycles. The van der Waals surface area contributed by atoms with Crippen LogP contribution in [0, 0.1) is 6.92 Å². The summed E-state index contributed by atoms with van der Waals surface area (Å²) in [6, 6.07) is 19.2. The molecule has 6 heteroatoms. The number of carbonyl (C=O) groups is 2. The van der Waals surface area contributed by atoms with Gasteiger partial charge in [-0.3, -0.25) is 9.59 Å². The van der Waals surface area contributed by atoms with E-state index in [4.69, 9.17) is 9.47 Å². The number of nitrogens with one attached hydrogen (secondary N) is 1. The van der Waals surface area contributed by atoms with Crippen molar-refractivity contribution in [2.45, 2.75) is 57.4 Å². The molecule has 0 saturated heterocycles. The molecule has 0 radical (unpaired) electrons. The molecule has 2 aliphatic rings. The quantitative estimate of drug-likeness (QED) is 0.404. The van der Waals surface area contributed by atoms with Gasteiger partial charge in [0, 0.05) is 12.0 Å². The van der Waals surface area contributed by atoms with Crippen molar-refractivity contribution in [2.75, 3.05) is 13.4 Å². The van der Waals surface area contributed by atoms with Gasteiger partial charge in [-0.1, -0.05) is 49.7 Å². The van der Waals surface area contributed by atoms with Crippen LogP contribution in [0.15, 0.2) is 60.7 Å². The maximum absolute atomic E-state index is 13.5. The molecule has 0 unspecified atom stereocenters. The molecule has 0 aromatic heterocycles. The molecule has 0 spiro atoms. The molecular weight excluding hydrogens is 466 g/mol. The topological polar surface area (TPSA) is 84.9 Å². The van der Waals surface area contributed by atoms with Crippen LogP contribution in [0.5, 0.6) is 11.5 Å². The maximum Gasteiger partial charge on any atom is 0.251 e. The number of ketones is 1. The highest BCUT2D eigenvalue weighted by molar-refractivity contribution is 5.96. The number of rotatable bonds is 10. The van der Waals surface area contributed by atoms with Gasteiger partial charge in [0.05, 0.1) is 18.1 Å². The first-order valence-corrected chi connectivity index (χ1v) is 13.0. The number of amides is 1. The van der Waals surface area contributed by atoms with Crippen LogP contribution in [-0.2, 0) is 16.6 Å². The smallest absolute Gasteiger partial charge is 0.251 e. The molecule has 1 fully saturated rings. The highest BCUT2D eigenvalue weighted by Crippen LogP contribution is 2.51. The third-order valence-electron chi connectivity index (χ3n) is 7.53. The molecule has 1 amide bonds. The maximum atomic E-state index is 13.5. The lowest BCUT2D eigenvalue weighted by molar-refractivity contribution is -0.120. The molecule has 5 rings (SSSR count). The number of ether oxygens (including phenoxy) is 2. The summed E-state index contributed by atoms with van der Waals surface area (Å²) in [6.45, 7) is 4.22. The van der Waals surface area contributed by atoms with Gasteiger partial charge in [0.25, 0.3) is 5.91 Å². The van der Waals surface area contributed by atoms with Gasteiger partial charge in [0.1, 0.15) is 5.78 Å². The summed E-state index contributed by atoms with van der Waals surface area (Å²) in [5, 5.41) is 12.4. The van der Waals surface area contributed by atoms with E-state index in [-0.39, 0.29) is 31.1 Å². The van der Waals surface area contributed by atoms with Crippen LogP contribution in [0.2, 0.25) is 0 Å². The Balaban J connectivity index is 1.31. The average Bonchev–Trinajstić information content (AvgIpc) is 3.60. The molecule has 1 heterocycles. The third-order valence-corrected chi connectivity index (χ3v) is 7.53. The Labute approximate surface area is 217 Å². The molecule has 6 nitrogen and oxygen atoms in total. The number of carbonyl (C=O) groups excluding carboxylic acids is 2. The highest BCUT2D eigenvalue weighted by Gasteiger charge is 2.50. The molecule has 1 atom stereocenters. The second-order valence-corrected chi connectivity index (χ2v) is 10.1. The van der Waals surface area contributed by atoms with Gasteiger partial charge in [0.2, 0.25) is 6.79 Å². The average molecular weight is 500 g/mol. The minimum Gasteiger partial charge on any atom is -0.454 e. The van der Waals surface area contributed by atoms with Gasteiger partial charge in [-0.25, -0.2) is 0 Å². The molecule has 192 valence electrons. The largest absolute Gasteiger partial charge is 0.454 e. The third kappa shape index (κ3) is 5.12. The first-order chi connectivity index (χ1) is 17.9. The SMILES string of the molecule is CCC[C@H](CO)NC(=O)c1ccc(-c2cc(CC(=O)C3(c4ccc5c(c4)OCO5)CC3)ccc2C)cc1. The Bertz CT molecular complexity index is 1310. The van der Waals surface area contributed by atoms with Crippen LogP contribution >= 0.6 is 0 Å². The number of hydrogen-bond donors (Lipinski definition) is 2. The molecule has 1 aliphatic carbocycles. The Morgan fingerprint density at radius 1 is 1.00 bits per heavy atom. The predicted molar refractivity (Wildman–Crippen MR) is 142 cm³/mol. The van der Waals surface area contributed by atoms with E-state index < -0.39 is 5.41 Å². The zero-order valence-corrected chi connectivity index (χ0v) is 21.4. The highest BCUT2D eigenvalue weighted by atomic mass is 16.7. The minimum absolute atomic E-state index is 0.0711.